The molecule has 23 heavy (non-hydrogen) atoms. The lowest BCUT2D eigenvalue weighted by Gasteiger charge is -2.00. The second-order valence-electron chi connectivity index (χ2n) is 4.92. The number of rotatable bonds is 3. The van der Waals surface area contributed by atoms with Crippen molar-refractivity contribution in [2.24, 2.45) is 0 Å². The molecular weight excluding hydrogens is 329 g/mol. The largest absolute Gasteiger partial charge is 0.282 e. The summed E-state index contributed by atoms with van der Waals surface area (Å²) in [7, 11) is 0. The fourth-order valence-electron chi connectivity index (χ4n) is 2.11. The third kappa shape index (κ3) is 4.13. The van der Waals surface area contributed by atoms with Gasteiger partial charge in [0.25, 0.3) is 0 Å². The van der Waals surface area contributed by atoms with Crippen LogP contribution >= 0.6 is 23.2 Å². The SMILES string of the molecule is Clc1ccc(-c2cc(CCC#Cc3ccccn3)[nH]n2)c(Cl)c1. The molecule has 0 saturated heterocycles. The Hall–Kier alpha value is -2.28. The molecule has 2 aromatic heterocycles. The lowest BCUT2D eigenvalue weighted by atomic mass is 10.1. The summed E-state index contributed by atoms with van der Waals surface area (Å²) in [6.45, 7) is 0. The van der Waals surface area contributed by atoms with Gasteiger partial charge in [0, 0.05) is 35.3 Å². The van der Waals surface area contributed by atoms with Crippen LogP contribution in [0.2, 0.25) is 10.0 Å². The smallest absolute Gasteiger partial charge is 0.113 e. The summed E-state index contributed by atoms with van der Waals surface area (Å²) in [4.78, 5) is 4.16. The van der Waals surface area contributed by atoms with E-state index in [-0.39, 0.29) is 0 Å². The summed E-state index contributed by atoms with van der Waals surface area (Å²) in [5.41, 5.74) is 3.46. The van der Waals surface area contributed by atoms with Gasteiger partial charge in [0.1, 0.15) is 5.69 Å². The van der Waals surface area contributed by atoms with Gasteiger partial charge in [-0.25, -0.2) is 4.98 Å². The van der Waals surface area contributed by atoms with Crippen molar-refractivity contribution in [1.29, 1.82) is 0 Å². The summed E-state index contributed by atoms with van der Waals surface area (Å²) >= 11 is 12.1. The number of hydrogen-bond donors (Lipinski definition) is 1. The van der Waals surface area contributed by atoms with Gasteiger partial charge in [0.15, 0.2) is 0 Å². The van der Waals surface area contributed by atoms with E-state index in [1.807, 2.05) is 30.3 Å². The average Bonchev–Trinajstić information content (AvgIpc) is 3.01. The fourth-order valence-corrected chi connectivity index (χ4v) is 2.62. The maximum atomic E-state index is 6.20. The topological polar surface area (TPSA) is 41.6 Å². The van der Waals surface area contributed by atoms with Crippen molar-refractivity contribution in [2.75, 3.05) is 0 Å². The minimum Gasteiger partial charge on any atom is -0.282 e. The average molecular weight is 342 g/mol. The Morgan fingerprint density at radius 1 is 1.09 bits per heavy atom. The molecule has 0 radical (unpaired) electrons. The molecule has 0 aliphatic rings. The molecule has 0 unspecified atom stereocenters. The van der Waals surface area contributed by atoms with Gasteiger partial charge in [0.05, 0.1) is 10.7 Å². The first-order chi connectivity index (χ1) is 11.2. The third-order valence-electron chi connectivity index (χ3n) is 3.24. The number of nitrogens with zero attached hydrogens (tertiary/aromatic N) is 2. The van der Waals surface area contributed by atoms with Gasteiger partial charge in [-0.2, -0.15) is 5.10 Å². The maximum Gasteiger partial charge on any atom is 0.113 e. The zero-order valence-corrected chi connectivity index (χ0v) is 13.7. The van der Waals surface area contributed by atoms with Crippen LogP contribution in [0, 0.1) is 11.8 Å². The van der Waals surface area contributed by atoms with E-state index in [0.717, 1.165) is 35.5 Å². The van der Waals surface area contributed by atoms with Crippen molar-refractivity contribution in [1.82, 2.24) is 15.2 Å². The van der Waals surface area contributed by atoms with E-state index in [1.54, 1.807) is 18.3 Å². The second kappa shape index (κ2) is 7.32. The number of aromatic amines is 1. The van der Waals surface area contributed by atoms with Gasteiger partial charge < -0.3 is 0 Å². The molecule has 3 rings (SSSR count). The second-order valence-corrected chi connectivity index (χ2v) is 5.76. The molecule has 114 valence electrons. The predicted molar refractivity (Wildman–Crippen MR) is 93.5 cm³/mol. The van der Waals surface area contributed by atoms with E-state index >= 15 is 0 Å². The highest BCUT2D eigenvalue weighted by Crippen LogP contribution is 2.29. The fraction of sp³-hybridized carbons (Fsp3) is 0.111. The van der Waals surface area contributed by atoms with Gasteiger partial charge in [-0.05, 0) is 42.3 Å². The van der Waals surface area contributed by atoms with E-state index in [0.29, 0.717) is 10.0 Å². The highest BCUT2D eigenvalue weighted by atomic mass is 35.5. The number of aromatic nitrogens is 3. The minimum absolute atomic E-state index is 0.588. The van der Waals surface area contributed by atoms with E-state index in [1.165, 1.54) is 0 Å². The van der Waals surface area contributed by atoms with E-state index in [9.17, 15) is 0 Å². The lowest BCUT2D eigenvalue weighted by Crippen LogP contribution is -1.84. The van der Waals surface area contributed by atoms with Crippen LogP contribution in [0.1, 0.15) is 17.8 Å². The Balaban J connectivity index is 1.65. The van der Waals surface area contributed by atoms with Crippen LogP contribution in [0.5, 0.6) is 0 Å². The van der Waals surface area contributed by atoms with Crippen LogP contribution in [0.15, 0.2) is 48.7 Å². The molecule has 0 bridgehead atoms. The van der Waals surface area contributed by atoms with Crippen LogP contribution < -0.4 is 0 Å². The maximum absolute atomic E-state index is 6.20. The Labute approximate surface area is 144 Å². The van der Waals surface area contributed by atoms with E-state index in [4.69, 9.17) is 23.2 Å². The highest BCUT2D eigenvalue weighted by Gasteiger charge is 2.08. The molecule has 3 nitrogen and oxygen atoms in total. The molecule has 0 saturated carbocycles. The summed E-state index contributed by atoms with van der Waals surface area (Å²) in [5, 5.41) is 8.52. The number of benzene rings is 1. The molecule has 1 N–H and O–H groups in total. The van der Waals surface area contributed by atoms with Crippen LogP contribution in [0.4, 0.5) is 0 Å². The molecule has 3 aromatic rings. The minimum atomic E-state index is 0.588. The number of nitrogens with one attached hydrogen (secondary N) is 1. The van der Waals surface area contributed by atoms with Gasteiger partial charge in [-0.15, -0.1) is 0 Å². The summed E-state index contributed by atoms with van der Waals surface area (Å²) in [6.07, 6.45) is 3.26. The molecule has 0 fully saturated rings. The molecule has 0 spiro atoms. The summed E-state index contributed by atoms with van der Waals surface area (Å²) < 4.78 is 0. The molecule has 2 heterocycles. The van der Waals surface area contributed by atoms with Crippen LogP contribution in [-0.2, 0) is 6.42 Å². The Bertz CT molecular complexity index is 861. The van der Waals surface area contributed by atoms with Crippen molar-refractivity contribution in [3.8, 4) is 23.1 Å². The predicted octanol–water partition coefficient (Wildman–Crippen LogP) is 4.76. The molecular formula is C18H13Cl2N3. The van der Waals surface area contributed by atoms with Crippen molar-refractivity contribution in [3.63, 3.8) is 0 Å². The third-order valence-corrected chi connectivity index (χ3v) is 3.79. The molecule has 0 aliphatic heterocycles. The first kappa shape index (κ1) is 15.6. The van der Waals surface area contributed by atoms with Gasteiger partial charge in [0.2, 0.25) is 0 Å². The van der Waals surface area contributed by atoms with Crippen LogP contribution in [-0.4, -0.2) is 15.2 Å². The number of hydrogen-bond acceptors (Lipinski definition) is 2. The molecule has 5 heteroatoms. The monoisotopic (exact) mass is 341 g/mol. The van der Waals surface area contributed by atoms with Crippen LogP contribution in [0.25, 0.3) is 11.3 Å². The van der Waals surface area contributed by atoms with Gasteiger partial charge >= 0.3 is 0 Å². The van der Waals surface area contributed by atoms with Crippen molar-refractivity contribution in [3.05, 3.63) is 70.1 Å². The highest BCUT2D eigenvalue weighted by molar-refractivity contribution is 6.36. The standard InChI is InChI=1S/C18H13Cl2N3/c19-13-8-9-16(17(20)11-13)18-12-15(22-23-18)7-2-1-5-14-6-3-4-10-21-14/h3-4,6,8-12H,2,7H2,(H,22,23). The molecule has 0 atom stereocenters. The quantitative estimate of drug-likeness (QED) is 0.697. The molecule has 1 aromatic carbocycles. The molecule has 0 aliphatic carbocycles. The Morgan fingerprint density at radius 3 is 2.78 bits per heavy atom. The number of halogens is 2. The van der Waals surface area contributed by atoms with E-state index < -0.39 is 0 Å². The van der Waals surface area contributed by atoms with Crippen molar-refractivity contribution < 1.29 is 0 Å². The Morgan fingerprint density at radius 2 is 2.00 bits per heavy atom. The first-order valence-corrected chi connectivity index (χ1v) is 7.87. The molecule has 0 amide bonds. The Kier molecular flexibility index (Phi) is 4.97. The summed E-state index contributed by atoms with van der Waals surface area (Å²) in [5.74, 6) is 6.15. The van der Waals surface area contributed by atoms with Crippen LogP contribution in [0.3, 0.4) is 0 Å². The first-order valence-electron chi connectivity index (χ1n) is 7.12. The lowest BCUT2D eigenvalue weighted by molar-refractivity contribution is 0.929. The van der Waals surface area contributed by atoms with Gasteiger partial charge in [-0.1, -0.05) is 35.2 Å². The van der Waals surface area contributed by atoms with Gasteiger partial charge in [-0.3, -0.25) is 5.10 Å². The number of aryl methyl sites for hydroxylation is 1. The number of pyridine rings is 1. The summed E-state index contributed by atoms with van der Waals surface area (Å²) in [6, 6.07) is 13.1. The zero-order chi connectivity index (χ0) is 16.1. The normalized spacial score (nSPS) is 10.2. The van der Waals surface area contributed by atoms with E-state index in [2.05, 4.69) is 27.0 Å². The number of H-pyrrole nitrogens is 1. The van der Waals surface area contributed by atoms with Crippen molar-refractivity contribution >= 4 is 23.2 Å². The van der Waals surface area contributed by atoms with Crippen molar-refractivity contribution in [2.45, 2.75) is 12.8 Å². The zero-order valence-electron chi connectivity index (χ0n) is 12.2.